The van der Waals surface area contributed by atoms with E-state index in [9.17, 15) is 0 Å². The summed E-state index contributed by atoms with van der Waals surface area (Å²) in [4.78, 5) is 0. The molecular weight excluding hydrogens is 222 g/mol. The van der Waals surface area contributed by atoms with E-state index in [0.717, 1.165) is 12.3 Å². The van der Waals surface area contributed by atoms with Crippen LogP contribution in [0.2, 0.25) is 0 Å². The van der Waals surface area contributed by atoms with Crippen LogP contribution in [-0.2, 0) is 4.74 Å². The molecule has 2 fully saturated rings. The minimum atomic E-state index is 0.277. The van der Waals surface area contributed by atoms with Crippen molar-refractivity contribution in [1.82, 2.24) is 0 Å². The van der Waals surface area contributed by atoms with Crippen LogP contribution in [0.4, 0.5) is 0 Å². The third-order valence-electron chi connectivity index (χ3n) is 5.83. The van der Waals surface area contributed by atoms with Gasteiger partial charge in [0.05, 0.1) is 12.2 Å². The maximum absolute atomic E-state index is 6.45. The largest absolute Gasteiger partial charge is 0.374 e. The van der Waals surface area contributed by atoms with Crippen molar-refractivity contribution in [3.05, 3.63) is 0 Å². The molecule has 2 saturated carbocycles. The molecule has 0 heterocycles. The molecule has 0 aliphatic heterocycles. The molecule has 2 N–H and O–H groups in total. The van der Waals surface area contributed by atoms with Gasteiger partial charge in [0.15, 0.2) is 0 Å². The van der Waals surface area contributed by atoms with Gasteiger partial charge in [-0.2, -0.15) is 0 Å². The van der Waals surface area contributed by atoms with Crippen LogP contribution in [0.25, 0.3) is 0 Å². The van der Waals surface area contributed by atoms with Crippen LogP contribution in [0.3, 0.4) is 0 Å². The number of nitrogens with two attached hydrogens (primary N) is 1. The van der Waals surface area contributed by atoms with Gasteiger partial charge in [0.2, 0.25) is 0 Å². The zero-order chi connectivity index (χ0) is 13.2. The van der Waals surface area contributed by atoms with E-state index in [1.807, 2.05) is 0 Å². The first-order valence-corrected chi connectivity index (χ1v) is 8.07. The van der Waals surface area contributed by atoms with E-state index < -0.39 is 0 Å². The van der Waals surface area contributed by atoms with Crippen molar-refractivity contribution < 1.29 is 4.74 Å². The average Bonchev–Trinajstić information content (AvgIpc) is 2.40. The zero-order valence-electron chi connectivity index (χ0n) is 12.5. The minimum Gasteiger partial charge on any atom is -0.374 e. The Bertz CT molecular complexity index is 262. The van der Waals surface area contributed by atoms with Crippen LogP contribution in [0, 0.1) is 11.3 Å². The number of hydrogen-bond donors (Lipinski definition) is 1. The van der Waals surface area contributed by atoms with Crippen LogP contribution in [0.15, 0.2) is 0 Å². The molecule has 18 heavy (non-hydrogen) atoms. The summed E-state index contributed by atoms with van der Waals surface area (Å²) >= 11 is 0. The lowest BCUT2D eigenvalue weighted by Crippen LogP contribution is -2.62. The average molecular weight is 253 g/mol. The zero-order valence-corrected chi connectivity index (χ0v) is 12.5. The molecule has 0 aromatic rings. The summed E-state index contributed by atoms with van der Waals surface area (Å²) in [6, 6.07) is 0.364. The van der Waals surface area contributed by atoms with E-state index in [-0.39, 0.29) is 5.41 Å². The SMILES string of the molecule is CCC1CCCC(OC2CC(N)C2(CC)CC)C1. The second kappa shape index (κ2) is 5.92. The normalized spacial score (nSPS) is 39.3. The Kier molecular flexibility index (Phi) is 4.71. The molecule has 2 aliphatic carbocycles. The monoisotopic (exact) mass is 253 g/mol. The molecule has 0 aromatic carbocycles. The highest BCUT2D eigenvalue weighted by Gasteiger charge is 2.52. The highest BCUT2D eigenvalue weighted by atomic mass is 16.5. The molecule has 0 amide bonds. The molecular formula is C16H31NO. The number of hydrogen-bond acceptors (Lipinski definition) is 2. The fourth-order valence-corrected chi connectivity index (χ4v) is 4.17. The van der Waals surface area contributed by atoms with Crippen molar-refractivity contribution >= 4 is 0 Å². The Morgan fingerprint density at radius 1 is 1.11 bits per heavy atom. The number of rotatable bonds is 5. The summed E-state index contributed by atoms with van der Waals surface area (Å²) in [7, 11) is 0. The fourth-order valence-electron chi connectivity index (χ4n) is 4.17. The van der Waals surface area contributed by atoms with Gasteiger partial charge in [0.1, 0.15) is 0 Å². The molecule has 2 rings (SSSR count). The summed E-state index contributed by atoms with van der Waals surface area (Å²) in [6.45, 7) is 6.86. The first-order chi connectivity index (χ1) is 8.66. The van der Waals surface area contributed by atoms with Gasteiger partial charge in [-0.15, -0.1) is 0 Å². The highest BCUT2D eigenvalue weighted by molar-refractivity contribution is 5.05. The molecule has 0 spiro atoms. The van der Waals surface area contributed by atoms with Gasteiger partial charge in [-0.25, -0.2) is 0 Å². The van der Waals surface area contributed by atoms with Crippen LogP contribution in [0.1, 0.15) is 72.1 Å². The Morgan fingerprint density at radius 2 is 1.83 bits per heavy atom. The number of ether oxygens (including phenoxy) is 1. The van der Waals surface area contributed by atoms with Gasteiger partial charge in [-0.1, -0.05) is 40.0 Å². The molecule has 4 unspecified atom stereocenters. The second-order valence-corrected chi connectivity index (χ2v) is 6.47. The van der Waals surface area contributed by atoms with Gasteiger partial charge in [-0.05, 0) is 38.0 Å². The lowest BCUT2D eigenvalue weighted by atomic mass is 9.59. The molecule has 0 saturated heterocycles. The van der Waals surface area contributed by atoms with Gasteiger partial charge < -0.3 is 10.5 Å². The maximum atomic E-state index is 6.45. The Labute approximate surface area is 113 Å². The topological polar surface area (TPSA) is 35.2 Å². The van der Waals surface area contributed by atoms with Gasteiger partial charge in [0.25, 0.3) is 0 Å². The molecule has 0 radical (unpaired) electrons. The third kappa shape index (κ3) is 2.46. The van der Waals surface area contributed by atoms with Crippen molar-refractivity contribution in [3.63, 3.8) is 0 Å². The summed E-state index contributed by atoms with van der Waals surface area (Å²) in [5.41, 5.74) is 6.52. The molecule has 0 bridgehead atoms. The first kappa shape index (κ1) is 14.3. The summed E-state index contributed by atoms with van der Waals surface area (Å²) in [5.74, 6) is 0.898. The van der Waals surface area contributed by atoms with Crippen LogP contribution in [0.5, 0.6) is 0 Å². The predicted molar refractivity (Wildman–Crippen MR) is 76.5 cm³/mol. The Balaban J connectivity index is 1.89. The molecule has 0 aromatic heterocycles. The Morgan fingerprint density at radius 3 is 2.39 bits per heavy atom. The van der Waals surface area contributed by atoms with E-state index in [0.29, 0.717) is 18.2 Å². The van der Waals surface area contributed by atoms with E-state index in [2.05, 4.69) is 20.8 Å². The minimum absolute atomic E-state index is 0.277. The van der Waals surface area contributed by atoms with Crippen LogP contribution >= 0.6 is 0 Å². The van der Waals surface area contributed by atoms with Crippen molar-refractivity contribution in [2.24, 2.45) is 17.1 Å². The maximum Gasteiger partial charge on any atom is 0.0664 e. The first-order valence-electron chi connectivity index (χ1n) is 8.07. The molecule has 106 valence electrons. The highest BCUT2D eigenvalue weighted by Crippen LogP contribution is 2.49. The second-order valence-electron chi connectivity index (χ2n) is 6.47. The van der Waals surface area contributed by atoms with Crippen LogP contribution in [-0.4, -0.2) is 18.2 Å². The lowest BCUT2D eigenvalue weighted by Gasteiger charge is -2.55. The quantitative estimate of drug-likeness (QED) is 0.807. The third-order valence-corrected chi connectivity index (χ3v) is 5.83. The molecule has 2 aliphatic rings. The van der Waals surface area contributed by atoms with Gasteiger partial charge >= 0.3 is 0 Å². The van der Waals surface area contributed by atoms with Crippen LogP contribution < -0.4 is 5.73 Å². The smallest absolute Gasteiger partial charge is 0.0664 e. The van der Waals surface area contributed by atoms with Crippen molar-refractivity contribution in [1.29, 1.82) is 0 Å². The van der Waals surface area contributed by atoms with E-state index in [1.165, 1.54) is 44.9 Å². The molecule has 2 nitrogen and oxygen atoms in total. The molecule has 2 heteroatoms. The molecule has 4 atom stereocenters. The van der Waals surface area contributed by atoms with Crippen molar-refractivity contribution in [2.75, 3.05) is 0 Å². The van der Waals surface area contributed by atoms with E-state index >= 15 is 0 Å². The lowest BCUT2D eigenvalue weighted by molar-refractivity contribution is -0.168. The summed E-state index contributed by atoms with van der Waals surface area (Å²) < 4.78 is 6.45. The standard InChI is InChI=1S/C16H31NO/c1-4-12-8-7-9-13(10-12)18-15-11-14(17)16(15,5-2)6-3/h12-15H,4-11,17H2,1-3H3. The summed E-state index contributed by atoms with van der Waals surface area (Å²) in [6.07, 6.45) is 11.0. The van der Waals surface area contributed by atoms with Gasteiger partial charge in [0, 0.05) is 11.5 Å². The van der Waals surface area contributed by atoms with Crippen molar-refractivity contribution in [3.8, 4) is 0 Å². The predicted octanol–water partition coefficient (Wildman–Crippen LogP) is 3.88. The van der Waals surface area contributed by atoms with Gasteiger partial charge in [-0.3, -0.25) is 0 Å². The van der Waals surface area contributed by atoms with E-state index in [1.54, 1.807) is 0 Å². The Hall–Kier alpha value is -0.0800. The fraction of sp³-hybridized carbons (Fsp3) is 1.00. The van der Waals surface area contributed by atoms with E-state index in [4.69, 9.17) is 10.5 Å². The summed E-state index contributed by atoms with van der Waals surface area (Å²) in [5, 5.41) is 0. The van der Waals surface area contributed by atoms with Crippen molar-refractivity contribution in [2.45, 2.75) is 90.4 Å².